The molecule has 0 radical (unpaired) electrons. The fraction of sp³-hybridized carbons (Fsp3) is 0.676. The number of amides is 6. The molecular formula is C37H56N6O7. The van der Waals surface area contributed by atoms with Crippen molar-refractivity contribution in [1.29, 1.82) is 0 Å². The third kappa shape index (κ3) is 10.2. The molecule has 0 aromatic heterocycles. The number of primary amides is 1. The fourth-order valence-electron chi connectivity index (χ4n) is 6.88. The summed E-state index contributed by atoms with van der Waals surface area (Å²) in [7, 11) is 0. The molecule has 3 aliphatic rings. The Morgan fingerprint density at radius 2 is 1.52 bits per heavy atom. The topological polar surface area (TPSA) is 189 Å². The summed E-state index contributed by atoms with van der Waals surface area (Å²) in [5.41, 5.74) is 7.02. The highest BCUT2D eigenvalue weighted by molar-refractivity contribution is 6.37. The number of benzene rings is 1. The second-order valence-electron chi connectivity index (χ2n) is 16.1. The zero-order valence-electron chi connectivity index (χ0n) is 30.5. The molecule has 276 valence electrons. The van der Waals surface area contributed by atoms with Gasteiger partial charge in [-0.3, -0.25) is 19.2 Å². The van der Waals surface area contributed by atoms with E-state index in [9.17, 15) is 28.8 Å². The van der Waals surface area contributed by atoms with E-state index in [0.717, 1.165) is 24.0 Å². The molecule has 6 amide bonds. The van der Waals surface area contributed by atoms with E-state index in [2.05, 4.69) is 21.3 Å². The van der Waals surface area contributed by atoms with Gasteiger partial charge in [0.1, 0.15) is 18.7 Å². The van der Waals surface area contributed by atoms with Crippen molar-refractivity contribution in [1.82, 2.24) is 26.2 Å². The van der Waals surface area contributed by atoms with Crippen LogP contribution in [-0.2, 0) is 36.8 Å². The molecule has 1 aromatic carbocycles. The van der Waals surface area contributed by atoms with Crippen molar-refractivity contribution in [3.05, 3.63) is 35.4 Å². The summed E-state index contributed by atoms with van der Waals surface area (Å²) in [5, 5.41) is 11.3. The van der Waals surface area contributed by atoms with Gasteiger partial charge in [0.15, 0.2) is 0 Å². The molecule has 1 aromatic rings. The zero-order valence-corrected chi connectivity index (χ0v) is 30.5. The molecule has 0 spiro atoms. The number of fused-ring (bicyclic) bond motifs is 1. The minimum Gasteiger partial charge on any atom is -0.447 e. The number of hydrogen-bond donors (Lipinski definition) is 5. The molecular weight excluding hydrogens is 640 g/mol. The van der Waals surface area contributed by atoms with Crippen LogP contribution in [0, 0.1) is 29.1 Å². The summed E-state index contributed by atoms with van der Waals surface area (Å²) < 4.78 is 5.42. The number of hydrogen-bond acceptors (Lipinski definition) is 7. The lowest BCUT2D eigenvalue weighted by atomic mass is 9.87. The summed E-state index contributed by atoms with van der Waals surface area (Å²) in [6, 6.07) is 3.70. The Hall–Kier alpha value is -4.16. The minimum atomic E-state index is -1.11. The number of ether oxygens (including phenoxy) is 1. The number of carbonyl (C=O) groups is 6. The number of Topliss-reactive ketones (excluding diaryl/α,β-unsaturated/α-hetero) is 1. The number of ketones is 1. The Morgan fingerprint density at radius 3 is 2.04 bits per heavy atom. The van der Waals surface area contributed by atoms with Gasteiger partial charge in [0.25, 0.3) is 5.91 Å². The smallest absolute Gasteiger partial charge is 0.407 e. The molecule has 6 N–H and O–H groups in total. The molecule has 0 bridgehead atoms. The van der Waals surface area contributed by atoms with Gasteiger partial charge in [-0.05, 0) is 79.7 Å². The predicted molar refractivity (Wildman–Crippen MR) is 188 cm³/mol. The summed E-state index contributed by atoms with van der Waals surface area (Å²) in [4.78, 5) is 80.7. The van der Waals surface area contributed by atoms with E-state index in [1.807, 2.05) is 72.7 Å². The van der Waals surface area contributed by atoms with E-state index < -0.39 is 59.3 Å². The maximum atomic E-state index is 14.7. The molecule has 13 nitrogen and oxygen atoms in total. The number of nitrogens with zero attached hydrogens (tertiary/aromatic N) is 1. The van der Waals surface area contributed by atoms with Gasteiger partial charge in [-0.1, -0.05) is 71.7 Å². The van der Waals surface area contributed by atoms with Crippen LogP contribution in [-0.4, -0.2) is 83.9 Å². The van der Waals surface area contributed by atoms with E-state index in [4.69, 9.17) is 10.5 Å². The van der Waals surface area contributed by atoms with Crippen molar-refractivity contribution < 1.29 is 33.5 Å². The molecule has 13 heteroatoms. The SMILES string of the molecule is CC(C)NC(=O)OCC(NC(=O)NC(C(=O)N1C[C@H](C(C)C)CC1C(=O)NC(CC1CC1)C(=O)C(N)=O)C1Cc2ccccc2C1)C(C)(C)C. The summed E-state index contributed by atoms with van der Waals surface area (Å²) in [6.07, 6.45) is 3.05. The zero-order chi connectivity index (χ0) is 36.9. The first-order chi connectivity index (χ1) is 23.4. The number of nitrogens with two attached hydrogens (primary N) is 1. The maximum absolute atomic E-state index is 14.7. The van der Waals surface area contributed by atoms with Crippen LogP contribution in [0.1, 0.15) is 85.3 Å². The van der Waals surface area contributed by atoms with E-state index in [1.54, 1.807) is 0 Å². The lowest BCUT2D eigenvalue weighted by molar-refractivity contribution is -0.142. The molecule has 2 fully saturated rings. The molecule has 4 unspecified atom stereocenters. The molecule has 1 saturated heterocycles. The minimum absolute atomic E-state index is 0.00178. The Bertz CT molecular complexity index is 1410. The summed E-state index contributed by atoms with van der Waals surface area (Å²) in [5.74, 6) is -2.75. The van der Waals surface area contributed by atoms with Crippen LogP contribution in [0.2, 0.25) is 0 Å². The Morgan fingerprint density at radius 1 is 0.900 bits per heavy atom. The molecule has 1 aliphatic heterocycles. The molecule has 4 rings (SSSR count). The van der Waals surface area contributed by atoms with Crippen molar-refractivity contribution in [3.63, 3.8) is 0 Å². The van der Waals surface area contributed by atoms with Crippen molar-refractivity contribution in [2.75, 3.05) is 13.2 Å². The van der Waals surface area contributed by atoms with Crippen LogP contribution in [0.15, 0.2) is 24.3 Å². The third-order valence-corrected chi connectivity index (χ3v) is 10.2. The largest absolute Gasteiger partial charge is 0.447 e. The third-order valence-electron chi connectivity index (χ3n) is 10.2. The maximum Gasteiger partial charge on any atom is 0.407 e. The first-order valence-electron chi connectivity index (χ1n) is 18.0. The van der Waals surface area contributed by atoms with Crippen LogP contribution in [0.4, 0.5) is 9.59 Å². The number of alkyl carbamates (subject to hydrolysis) is 1. The fourth-order valence-corrected chi connectivity index (χ4v) is 6.88. The van der Waals surface area contributed by atoms with Gasteiger partial charge in [-0.2, -0.15) is 0 Å². The number of rotatable bonds is 14. The van der Waals surface area contributed by atoms with Gasteiger partial charge in [0.2, 0.25) is 17.6 Å². The second-order valence-corrected chi connectivity index (χ2v) is 16.1. The number of urea groups is 1. The first kappa shape index (κ1) is 38.6. The average Bonchev–Trinajstić information content (AvgIpc) is 3.55. The normalized spacial score (nSPS) is 20.9. The molecule has 50 heavy (non-hydrogen) atoms. The van der Waals surface area contributed by atoms with E-state index in [1.165, 1.54) is 4.90 Å². The second kappa shape index (κ2) is 16.2. The number of likely N-dealkylation sites (tertiary alicyclic amines) is 1. The van der Waals surface area contributed by atoms with Crippen molar-refractivity contribution in [2.45, 2.75) is 117 Å². The first-order valence-corrected chi connectivity index (χ1v) is 18.0. The van der Waals surface area contributed by atoms with Crippen molar-refractivity contribution in [2.24, 2.45) is 34.8 Å². The predicted octanol–water partition coefficient (Wildman–Crippen LogP) is 2.83. The summed E-state index contributed by atoms with van der Waals surface area (Å²) >= 11 is 0. The average molecular weight is 697 g/mol. The van der Waals surface area contributed by atoms with Crippen LogP contribution in [0.25, 0.3) is 0 Å². The van der Waals surface area contributed by atoms with Crippen LogP contribution in [0.3, 0.4) is 0 Å². The lowest BCUT2D eigenvalue weighted by Gasteiger charge is -2.34. The summed E-state index contributed by atoms with van der Waals surface area (Å²) in [6.45, 7) is 13.7. The number of carbonyl (C=O) groups excluding carboxylic acids is 6. The van der Waals surface area contributed by atoms with Gasteiger partial charge in [-0.15, -0.1) is 0 Å². The van der Waals surface area contributed by atoms with Gasteiger partial charge >= 0.3 is 12.1 Å². The van der Waals surface area contributed by atoms with Crippen molar-refractivity contribution in [3.8, 4) is 0 Å². The highest BCUT2D eigenvalue weighted by Crippen LogP contribution is 2.35. The molecule has 5 atom stereocenters. The lowest BCUT2D eigenvalue weighted by Crippen LogP contribution is -2.60. The van der Waals surface area contributed by atoms with Crippen LogP contribution in [0.5, 0.6) is 0 Å². The number of nitrogens with one attached hydrogen (secondary N) is 4. The highest BCUT2D eigenvalue weighted by Gasteiger charge is 2.46. The van der Waals surface area contributed by atoms with Crippen LogP contribution >= 0.6 is 0 Å². The van der Waals surface area contributed by atoms with Gasteiger partial charge in [0, 0.05) is 12.6 Å². The monoisotopic (exact) mass is 696 g/mol. The van der Waals surface area contributed by atoms with Crippen LogP contribution < -0.4 is 27.0 Å². The highest BCUT2D eigenvalue weighted by atomic mass is 16.5. The standard InChI is InChI=1S/C37H56N6O7/c1-20(2)26-17-28(33(46)40-27(14-22-12-13-22)31(44)32(38)45)43(18-26)34(47)30(25-15-23-10-8-9-11-24(23)16-25)42-35(48)41-29(37(5,6)7)19-50-36(49)39-21(3)4/h8-11,20-22,25-30H,12-19H2,1-7H3,(H2,38,45)(H,39,49)(H,40,46)(H2,41,42,48)/t26-,27?,28?,29?,30?/m1/s1. The molecule has 2 aliphatic carbocycles. The molecule has 1 heterocycles. The van der Waals surface area contributed by atoms with Gasteiger partial charge < -0.3 is 36.6 Å². The quantitative estimate of drug-likeness (QED) is 0.185. The molecule has 1 saturated carbocycles. The van der Waals surface area contributed by atoms with E-state index in [-0.39, 0.29) is 42.2 Å². The Kier molecular flexibility index (Phi) is 12.6. The Labute approximate surface area is 295 Å². The van der Waals surface area contributed by atoms with E-state index in [0.29, 0.717) is 32.2 Å². The van der Waals surface area contributed by atoms with E-state index >= 15 is 0 Å². The van der Waals surface area contributed by atoms with Crippen molar-refractivity contribution >= 4 is 35.6 Å². The Balaban J connectivity index is 1.58. The van der Waals surface area contributed by atoms with Gasteiger partial charge in [0.05, 0.1) is 12.1 Å². The van der Waals surface area contributed by atoms with Gasteiger partial charge in [-0.25, -0.2) is 9.59 Å².